The van der Waals surface area contributed by atoms with Crippen molar-refractivity contribution in [3.05, 3.63) is 152 Å². The molecule has 0 unspecified atom stereocenters. The van der Waals surface area contributed by atoms with Crippen molar-refractivity contribution >= 4 is 81.3 Å². The van der Waals surface area contributed by atoms with Crippen LogP contribution in [-0.2, 0) is 0 Å². The Morgan fingerprint density at radius 2 is 1.23 bits per heavy atom. The van der Waals surface area contributed by atoms with Gasteiger partial charge >= 0.3 is 0 Å². The Balaban J connectivity index is 1.41. The second-order valence-electron chi connectivity index (χ2n) is 10.9. The summed E-state index contributed by atoms with van der Waals surface area (Å²) in [7, 11) is 0. The molecule has 0 fully saturated rings. The number of anilines is 3. The maximum absolute atomic E-state index is 6.80. The average Bonchev–Trinajstić information content (AvgIpc) is 3.65. The van der Waals surface area contributed by atoms with Crippen molar-refractivity contribution < 1.29 is 4.42 Å². The van der Waals surface area contributed by atoms with E-state index in [2.05, 4.69) is 150 Å². The number of nitrogens with zero attached hydrogens (tertiary/aromatic N) is 1. The average molecular weight is 568 g/mol. The van der Waals surface area contributed by atoms with Crippen LogP contribution in [0.2, 0.25) is 0 Å². The third-order valence-electron chi connectivity index (χ3n) is 8.44. The Hall–Kier alpha value is -5.38. The lowest BCUT2D eigenvalue weighted by molar-refractivity contribution is 0.669. The molecule has 0 aliphatic rings. The van der Waals surface area contributed by atoms with E-state index < -0.39 is 0 Å². The summed E-state index contributed by atoms with van der Waals surface area (Å²) in [5.74, 6) is 0. The zero-order valence-corrected chi connectivity index (χ0v) is 24.0. The van der Waals surface area contributed by atoms with Gasteiger partial charge in [0.2, 0.25) is 0 Å². The topological polar surface area (TPSA) is 16.4 Å². The number of hydrogen-bond acceptors (Lipinski definition) is 3. The first kappa shape index (κ1) is 24.2. The Morgan fingerprint density at radius 1 is 0.488 bits per heavy atom. The molecule has 0 spiro atoms. The smallest absolute Gasteiger partial charge is 0.160 e. The number of rotatable bonds is 4. The number of furan rings is 1. The number of fused-ring (bicyclic) bond motifs is 7. The van der Waals surface area contributed by atoms with Gasteiger partial charge in [-0.1, -0.05) is 109 Å². The van der Waals surface area contributed by atoms with Crippen molar-refractivity contribution in [3.63, 3.8) is 0 Å². The summed E-state index contributed by atoms with van der Waals surface area (Å²) in [5, 5.41) is 7.20. The number of para-hydroxylation sites is 1. The normalized spacial score (nSPS) is 11.7. The Bertz CT molecular complexity index is 2470. The molecule has 0 saturated carbocycles. The van der Waals surface area contributed by atoms with E-state index in [0.717, 1.165) is 39.0 Å². The van der Waals surface area contributed by atoms with Crippen LogP contribution in [0, 0.1) is 0 Å². The maximum Gasteiger partial charge on any atom is 0.160 e. The van der Waals surface area contributed by atoms with Crippen molar-refractivity contribution in [2.24, 2.45) is 0 Å². The zero-order valence-electron chi connectivity index (χ0n) is 23.2. The highest BCUT2D eigenvalue weighted by molar-refractivity contribution is 7.26. The van der Waals surface area contributed by atoms with Gasteiger partial charge in [0.05, 0.1) is 11.4 Å². The van der Waals surface area contributed by atoms with E-state index in [1.54, 1.807) is 0 Å². The van der Waals surface area contributed by atoms with E-state index in [0.29, 0.717) is 0 Å². The Kier molecular flexibility index (Phi) is 5.40. The van der Waals surface area contributed by atoms with Gasteiger partial charge in [0.25, 0.3) is 0 Å². The van der Waals surface area contributed by atoms with Gasteiger partial charge in [0, 0.05) is 36.6 Å². The molecule has 0 saturated heterocycles. The lowest BCUT2D eigenvalue weighted by Crippen LogP contribution is -2.10. The van der Waals surface area contributed by atoms with Gasteiger partial charge in [-0.3, -0.25) is 0 Å². The standard InChI is InChI=1S/C40H25NOS/c1-2-12-27(13-3-1)30-23-24-34(40-38(30)31-15-6-8-18-35(31)42-40)41(29-22-21-26-11-4-5-14-28(26)25-29)33-17-10-20-37-39(33)32-16-7-9-19-36(32)43-37/h1-25H. The molecule has 2 nitrogen and oxygen atoms in total. The second kappa shape index (κ2) is 9.59. The molecule has 9 rings (SSSR count). The van der Waals surface area contributed by atoms with Crippen LogP contribution in [0.1, 0.15) is 0 Å². The summed E-state index contributed by atoms with van der Waals surface area (Å²) >= 11 is 1.84. The predicted octanol–water partition coefficient (Wildman–Crippen LogP) is 12.2. The fourth-order valence-corrected chi connectivity index (χ4v) is 7.64. The van der Waals surface area contributed by atoms with Crippen molar-refractivity contribution in [2.75, 3.05) is 4.90 Å². The molecule has 2 heterocycles. The van der Waals surface area contributed by atoms with Crippen molar-refractivity contribution in [3.8, 4) is 11.1 Å². The first-order chi connectivity index (χ1) is 21.3. The van der Waals surface area contributed by atoms with Crippen molar-refractivity contribution in [1.82, 2.24) is 0 Å². The summed E-state index contributed by atoms with van der Waals surface area (Å²) in [6, 6.07) is 54.2. The van der Waals surface area contributed by atoms with Gasteiger partial charge in [0.15, 0.2) is 5.58 Å². The molecule has 0 amide bonds. The van der Waals surface area contributed by atoms with Gasteiger partial charge < -0.3 is 9.32 Å². The minimum absolute atomic E-state index is 0.882. The lowest BCUT2D eigenvalue weighted by Gasteiger charge is -2.27. The van der Waals surface area contributed by atoms with Crippen molar-refractivity contribution in [2.45, 2.75) is 0 Å². The van der Waals surface area contributed by atoms with Crippen LogP contribution in [-0.4, -0.2) is 0 Å². The van der Waals surface area contributed by atoms with Crippen LogP contribution >= 0.6 is 11.3 Å². The molecular formula is C40H25NOS. The lowest BCUT2D eigenvalue weighted by atomic mass is 9.98. The fourth-order valence-electron chi connectivity index (χ4n) is 6.51. The number of hydrogen-bond donors (Lipinski definition) is 0. The van der Waals surface area contributed by atoms with Crippen molar-refractivity contribution in [1.29, 1.82) is 0 Å². The largest absolute Gasteiger partial charge is 0.454 e. The highest BCUT2D eigenvalue weighted by atomic mass is 32.1. The van der Waals surface area contributed by atoms with Gasteiger partial charge in [0.1, 0.15) is 5.58 Å². The monoisotopic (exact) mass is 567 g/mol. The number of thiophene rings is 1. The van der Waals surface area contributed by atoms with Crippen LogP contribution in [0.15, 0.2) is 156 Å². The second-order valence-corrected chi connectivity index (χ2v) is 12.0. The van der Waals surface area contributed by atoms with Crippen LogP contribution in [0.4, 0.5) is 17.1 Å². The van der Waals surface area contributed by atoms with Gasteiger partial charge in [-0.2, -0.15) is 0 Å². The first-order valence-corrected chi connectivity index (χ1v) is 15.3. The molecule has 9 aromatic rings. The van der Waals surface area contributed by atoms with E-state index in [4.69, 9.17) is 4.42 Å². The van der Waals surface area contributed by atoms with E-state index in [9.17, 15) is 0 Å². The Morgan fingerprint density at radius 3 is 2.14 bits per heavy atom. The molecule has 0 aliphatic carbocycles. The molecule has 2 aromatic heterocycles. The van der Waals surface area contributed by atoms with E-state index in [1.165, 1.54) is 42.1 Å². The molecule has 0 radical (unpaired) electrons. The minimum Gasteiger partial charge on any atom is -0.454 e. The summed E-state index contributed by atoms with van der Waals surface area (Å²) in [4.78, 5) is 2.40. The van der Waals surface area contributed by atoms with Crippen LogP contribution < -0.4 is 4.90 Å². The summed E-state index contributed by atoms with van der Waals surface area (Å²) < 4.78 is 9.36. The third-order valence-corrected chi connectivity index (χ3v) is 9.58. The SMILES string of the molecule is c1ccc(-c2ccc(N(c3ccc4ccccc4c3)c3cccc4sc5ccccc5c34)c3oc4ccccc4c23)cc1. The molecule has 0 N–H and O–H groups in total. The van der Waals surface area contributed by atoms with Gasteiger partial charge in [-0.05, 0) is 64.4 Å². The summed E-state index contributed by atoms with van der Waals surface area (Å²) in [6.45, 7) is 0. The molecule has 0 bridgehead atoms. The van der Waals surface area contributed by atoms with E-state index in [1.807, 2.05) is 17.4 Å². The molecule has 0 aliphatic heterocycles. The first-order valence-electron chi connectivity index (χ1n) is 14.5. The predicted molar refractivity (Wildman–Crippen MR) is 184 cm³/mol. The van der Waals surface area contributed by atoms with Crippen LogP contribution in [0.5, 0.6) is 0 Å². The van der Waals surface area contributed by atoms with Crippen LogP contribution in [0.25, 0.3) is 64.0 Å². The quantitative estimate of drug-likeness (QED) is 0.210. The highest BCUT2D eigenvalue weighted by Crippen LogP contribution is 2.49. The summed E-state index contributed by atoms with van der Waals surface area (Å²) in [5.41, 5.74) is 7.36. The van der Waals surface area contributed by atoms with E-state index >= 15 is 0 Å². The molecule has 0 atom stereocenters. The molecule has 3 heteroatoms. The third kappa shape index (κ3) is 3.79. The molecule has 202 valence electrons. The fraction of sp³-hybridized carbons (Fsp3) is 0. The molecular weight excluding hydrogens is 543 g/mol. The molecule has 43 heavy (non-hydrogen) atoms. The highest BCUT2D eigenvalue weighted by Gasteiger charge is 2.24. The molecule has 7 aromatic carbocycles. The maximum atomic E-state index is 6.80. The zero-order chi connectivity index (χ0) is 28.3. The van der Waals surface area contributed by atoms with Crippen LogP contribution in [0.3, 0.4) is 0 Å². The van der Waals surface area contributed by atoms with E-state index in [-0.39, 0.29) is 0 Å². The Labute approximate surface area is 252 Å². The number of benzene rings is 7. The van der Waals surface area contributed by atoms with Gasteiger partial charge in [-0.25, -0.2) is 0 Å². The minimum atomic E-state index is 0.882. The van der Waals surface area contributed by atoms with Gasteiger partial charge in [-0.15, -0.1) is 11.3 Å². The summed E-state index contributed by atoms with van der Waals surface area (Å²) in [6.07, 6.45) is 0.